The first-order valence-corrected chi connectivity index (χ1v) is 6.84. The van der Waals surface area contributed by atoms with Gasteiger partial charge in [0.05, 0.1) is 11.5 Å². The molecule has 1 aromatic carbocycles. The second-order valence-corrected chi connectivity index (χ2v) is 5.70. The van der Waals surface area contributed by atoms with Crippen LogP contribution in [-0.2, 0) is 10.0 Å². The Hall–Kier alpha value is -1.56. The molecule has 0 bridgehead atoms. The molecule has 0 fully saturated rings. The lowest BCUT2D eigenvalue weighted by atomic mass is 10.1. The molecule has 0 aromatic heterocycles. The molecule has 0 spiro atoms. The van der Waals surface area contributed by atoms with Crippen molar-refractivity contribution in [3.63, 3.8) is 0 Å². The third-order valence-corrected chi connectivity index (χ3v) is 3.40. The second kappa shape index (κ2) is 5.18. The van der Waals surface area contributed by atoms with E-state index in [1.165, 1.54) is 6.92 Å². The van der Waals surface area contributed by atoms with Crippen LogP contribution < -0.4 is 4.83 Å². The molecule has 0 atom stereocenters. The van der Waals surface area contributed by atoms with Gasteiger partial charge in [0.2, 0.25) is 10.0 Å². The van der Waals surface area contributed by atoms with E-state index in [1.54, 1.807) is 25.1 Å². The molecule has 0 aliphatic carbocycles. The van der Waals surface area contributed by atoms with Gasteiger partial charge in [-0.05, 0) is 32.9 Å². The zero-order valence-corrected chi connectivity index (χ0v) is 10.9. The van der Waals surface area contributed by atoms with Gasteiger partial charge in [-0.1, -0.05) is 11.6 Å². The van der Waals surface area contributed by atoms with Gasteiger partial charge in [0.15, 0.2) is 0 Å². The quantitative estimate of drug-likeness (QED) is 0.630. The number of nitrogens with zero attached hydrogens (tertiary/aromatic N) is 1. The predicted molar refractivity (Wildman–Crippen MR) is 67.7 cm³/mol. The molecule has 17 heavy (non-hydrogen) atoms. The maximum Gasteiger partial charge on any atom is 0.247 e. The lowest BCUT2D eigenvalue weighted by Gasteiger charge is -2.06. The van der Waals surface area contributed by atoms with Crippen LogP contribution in [0.4, 0.5) is 0 Å². The minimum atomic E-state index is -3.36. The highest BCUT2D eigenvalue weighted by Gasteiger charge is 2.07. The number of nitrogens with one attached hydrogen (secondary N) is 1. The summed E-state index contributed by atoms with van der Waals surface area (Å²) in [5.41, 5.74) is 1.90. The lowest BCUT2D eigenvalue weighted by Crippen LogP contribution is -2.21. The van der Waals surface area contributed by atoms with Crippen LogP contribution in [0, 0.1) is 6.92 Å². The maximum atomic E-state index is 11.2. The SMILES string of the molecule is CCS(=O)(=O)N/N=C(\C)c1cc(C)ccc1O. The minimum Gasteiger partial charge on any atom is -0.507 e. The van der Waals surface area contributed by atoms with Crippen molar-refractivity contribution >= 4 is 15.7 Å². The summed E-state index contributed by atoms with van der Waals surface area (Å²) in [5.74, 6) is 0.0383. The molecule has 1 aromatic rings. The van der Waals surface area contributed by atoms with Crippen LogP contribution in [0.15, 0.2) is 23.3 Å². The van der Waals surface area contributed by atoms with E-state index in [-0.39, 0.29) is 11.5 Å². The first kappa shape index (κ1) is 13.5. The van der Waals surface area contributed by atoms with Crippen LogP contribution in [-0.4, -0.2) is 25.0 Å². The van der Waals surface area contributed by atoms with Crippen LogP contribution in [0.2, 0.25) is 0 Å². The van der Waals surface area contributed by atoms with E-state index in [0.29, 0.717) is 11.3 Å². The summed E-state index contributed by atoms with van der Waals surface area (Å²) in [6.07, 6.45) is 0. The van der Waals surface area contributed by atoms with Gasteiger partial charge in [-0.25, -0.2) is 13.2 Å². The van der Waals surface area contributed by atoms with Gasteiger partial charge < -0.3 is 5.11 Å². The largest absolute Gasteiger partial charge is 0.507 e. The van der Waals surface area contributed by atoms with Gasteiger partial charge in [-0.2, -0.15) is 5.10 Å². The Bertz CT molecular complexity index is 536. The molecule has 6 heteroatoms. The van der Waals surface area contributed by atoms with Gasteiger partial charge >= 0.3 is 0 Å². The minimum absolute atomic E-state index is 0.0381. The van der Waals surface area contributed by atoms with E-state index in [0.717, 1.165) is 5.56 Å². The van der Waals surface area contributed by atoms with Crippen LogP contribution in [0.3, 0.4) is 0 Å². The number of hydrogen-bond acceptors (Lipinski definition) is 4. The zero-order valence-electron chi connectivity index (χ0n) is 10.1. The fourth-order valence-corrected chi connectivity index (χ4v) is 1.61. The van der Waals surface area contributed by atoms with Crippen molar-refractivity contribution in [1.82, 2.24) is 4.83 Å². The van der Waals surface area contributed by atoms with Gasteiger partial charge in [0.1, 0.15) is 5.75 Å². The highest BCUT2D eigenvalue weighted by Crippen LogP contribution is 2.18. The van der Waals surface area contributed by atoms with Gasteiger partial charge in [0.25, 0.3) is 0 Å². The highest BCUT2D eigenvalue weighted by molar-refractivity contribution is 7.89. The number of hydrogen-bond donors (Lipinski definition) is 2. The summed E-state index contributed by atoms with van der Waals surface area (Å²) < 4.78 is 22.4. The molecule has 0 heterocycles. The number of aromatic hydroxyl groups is 1. The van der Waals surface area contributed by atoms with Crippen molar-refractivity contribution in [3.8, 4) is 5.75 Å². The number of benzene rings is 1. The Morgan fingerprint density at radius 1 is 1.47 bits per heavy atom. The average molecular weight is 256 g/mol. The summed E-state index contributed by atoms with van der Waals surface area (Å²) in [7, 11) is -3.36. The fraction of sp³-hybridized carbons (Fsp3) is 0.364. The molecule has 94 valence electrons. The maximum absolute atomic E-state index is 11.2. The summed E-state index contributed by atoms with van der Waals surface area (Å²) in [4.78, 5) is 2.10. The van der Waals surface area contributed by atoms with Gasteiger partial charge in [-0.15, -0.1) is 0 Å². The molecule has 0 aliphatic heterocycles. The third-order valence-electron chi connectivity index (χ3n) is 2.27. The normalized spacial score (nSPS) is 12.5. The van der Waals surface area contributed by atoms with E-state index in [1.807, 2.05) is 6.92 Å². The summed E-state index contributed by atoms with van der Waals surface area (Å²) in [6.45, 7) is 5.04. The fourth-order valence-electron chi connectivity index (χ4n) is 1.20. The van der Waals surface area contributed by atoms with Gasteiger partial charge in [-0.3, -0.25) is 0 Å². The number of aryl methyl sites for hydroxylation is 1. The first-order valence-electron chi connectivity index (χ1n) is 5.19. The Kier molecular flexibility index (Phi) is 4.11. The zero-order chi connectivity index (χ0) is 13.1. The summed E-state index contributed by atoms with van der Waals surface area (Å²) >= 11 is 0. The predicted octanol–water partition coefficient (Wildman–Crippen LogP) is 1.36. The van der Waals surface area contributed by atoms with Crippen LogP contribution in [0.1, 0.15) is 25.0 Å². The third kappa shape index (κ3) is 3.74. The number of sulfonamides is 1. The van der Waals surface area contributed by atoms with Crippen LogP contribution in [0.25, 0.3) is 0 Å². The Balaban J connectivity index is 3.00. The number of rotatable bonds is 4. The smallest absolute Gasteiger partial charge is 0.247 e. The molecular weight excluding hydrogens is 240 g/mol. The summed E-state index contributed by atoms with van der Waals surface area (Å²) in [5, 5.41) is 13.4. The second-order valence-electron chi connectivity index (χ2n) is 3.71. The van der Waals surface area contributed by atoms with E-state index in [2.05, 4.69) is 9.93 Å². The summed E-state index contributed by atoms with van der Waals surface area (Å²) in [6, 6.07) is 5.06. The van der Waals surface area contributed by atoms with Crippen molar-refractivity contribution < 1.29 is 13.5 Å². The van der Waals surface area contributed by atoms with Gasteiger partial charge in [0, 0.05) is 5.56 Å². The molecule has 0 saturated carbocycles. The standard InChI is InChI=1S/C11H16N2O3S/c1-4-17(15,16)13-12-9(3)10-7-8(2)5-6-11(10)14/h5-7,13-14H,4H2,1-3H3/b12-9+. The molecule has 0 unspecified atom stereocenters. The molecular formula is C11H16N2O3S. The average Bonchev–Trinajstić information content (AvgIpc) is 2.29. The molecule has 5 nitrogen and oxygen atoms in total. The lowest BCUT2D eigenvalue weighted by molar-refractivity contribution is 0.474. The number of hydrazone groups is 1. The van der Waals surface area contributed by atoms with Crippen LogP contribution >= 0.6 is 0 Å². The van der Waals surface area contributed by atoms with E-state index in [4.69, 9.17) is 0 Å². The van der Waals surface area contributed by atoms with E-state index in [9.17, 15) is 13.5 Å². The van der Waals surface area contributed by atoms with Crippen molar-refractivity contribution in [3.05, 3.63) is 29.3 Å². The van der Waals surface area contributed by atoms with Crippen molar-refractivity contribution in [2.75, 3.05) is 5.75 Å². The Morgan fingerprint density at radius 3 is 2.71 bits per heavy atom. The molecule has 0 aliphatic rings. The van der Waals surface area contributed by atoms with E-state index < -0.39 is 10.0 Å². The molecule has 0 amide bonds. The van der Waals surface area contributed by atoms with E-state index >= 15 is 0 Å². The highest BCUT2D eigenvalue weighted by atomic mass is 32.2. The van der Waals surface area contributed by atoms with Crippen molar-refractivity contribution in [1.29, 1.82) is 0 Å². The Labute approximate surface area is 101 Å². The monoisotopic (exact) mass is 256 g/mol. The number of phenols is 1. The van der Waals surface area contributed by atoms with Crippen LogP contribution in [0.5, 0.6) is 5.75 Å². The molecule has 2 N–H and O–H groups in total. The first-order chi connectivity index (χ1) is 7.85. The molecule has 1 rings (SSSR count). The Morgan fingerprint density at radius 2 is 2.12 bits per heavy atom. The van der Waals surface area contributed by atoms with Crippen molar-refractivity contribution in [2.45, 2.75) is 20.8 Å². The molecule has 0 saturated heterocycles. The number of phenolic OH excluding ortho intramolecular Hbond substituents is 1. The molecule has 0 radical (unpaired) electrons. The topological polar surface area (TPSA) is 78.8 Å². The van der Waals surface area contributed by atoms with Crippen molar-refractivity contribution in [2.24, 2.45) is 5.10 Å².